The number of hydrogen-bond donors (Lipinski definition) is 0. The Balaban J connectivity index is 1.97. The van der Waals surface area contributed by atoms with E-state index in [2.05, 4.69) is 85.7 Å². The molecule has 0 aliphatic carbocycles. The van der Waals surface area contributed by atoms with Gasteiger partial charge in [-0.15, -0.1) is 23.5 Å². The highest BCUT2D eigenvalue weighted by Crippen LogP contribution is 2.49. The fourth-order valence-electron chi connectivity index (χ4n) is 3.17. The summed E-state index contributed by atoms with van der Waals surface area (Å²) < 4.78 is 0.104. The van der Waals surface area contributed by atoms with Crippen LogP contribution in [0.4, 0.5) is 0 Å². The first-order valence-electron chi connectivity index (χ1n) is 10.0. The van der Waals surface area contributed by atoms with Gasteiger partial charge in [0.2, 0.25) is 0 Å². The molecule has 0 aliphatic heterocycles. The lowest BCUT2D eigenvalue weighted by atomic mass is 10.1. The Morgan fingerprint density at radius 2 is 1.45 bits per heavy atom. The Bertz CT molecular complexity index is 789. The average Bonchev–Trinajstić information content (AvgIpc) is 2.78. The molecule has 0 aromatic heterocycles. The van der Waals surface area contributed by atoms with Crippen molar-refractivity contribution >= 4 is 86.9 Å². The van der Waals surface area contributed by atoms with E-state index in [0.29, 0.717) is 0 Å². The normalized spacial score (nSPS) is 15.4. The van der Waals surface area contributed by atoms with Crippen LogP contribution in [0.3, 0.4) is 0 Å². The van der Waals surface area contributed by atoms with E-state index in [1.54, 1.807) is 0 Å². The summed E-state index contributed by atoms with van der Waals surface area (Å²) in [6.45, 7) is 0. The molecule has 0 heterocycles. The van der Waals surface area contributed by atoms with Crippen LogP contribution in [0.1, 0.15) is 12.0 Å². The van der Waals surface area contributed by atoms with Crippen LogP contribution in [-0.4, -0.2) is 59.7 Å². The minimum Gasteiger partial charge on any atom is -0.175 e. The fourth-order valence-corrected chi connectivity index (χ4v) is 11.5. The van der Waals surface area contributed by atoms with E-state index in [-0.39, 0.29) is 14.6 Å². The second-order valence-corrected chi connectivity index (χ2v) is 15.6. The minimum absolute atomic E-state index is 0.0622. The molecule has 2 aromatic carbocycles. The minimum atomic E-state index is 0.0622. The molecule has 0 bridgehead atoms. The van der Waals surface area contributed by atoms with Gasteiger partial charge in [-0.3, -0.25) is 0 Å². The first kappa shape index (κ1) is 28.0. The molecule has 31 heavy (non-hydrogen) atoms. The predicted octanol–water partition coefficient (Wildman–Crippen LogP) is 8.62. The molecule has 172 valence electrons. The van der Waals surface area contributed by atoms with E-state index >= 15 is 0 Å². The van der Waals surface area contributed by atoms with Gasteiger partial charge in [0.15, 0.2) is 0 Å². The molecule has 0 aliphatic rings. The van der Waals surface area contributed by atoms with Crippen molar-refractivity contribution in [2.75, 3.05) is 48.5 Å². The molecule has 0 radical (unpaired) electrons. The predicted molar refractivity (Wildman–Crippen MR) is 162 cm³/mol. The van der Waals surface area contributed by atoms with E-state index in [1.807, 2.05) is 70.6 Å². The summed E-state index contributed by atoms with van der Waals surface area (Å²) in [5.74, 6) is 7.94. The highest BCUT2D eigenvalue weighted by Gasteiger charge is 2.31. The van der Waals surface area contributed by atoms with E-state index in [9.17, 15) is 0 Å². The Labute approximate surface area is 218 Å². The van der Waals surface area contributed by atoms with E-state index in [1.165, 1.54) is 38.2 Å². The van der Waals surface area contributed by atoms with Crippen LogP contribution < -0.4 is 0 Å². The molecule has 3 atom stereocenters. The number of hydrogen-bond acceptors (Lipinski definition) is 6. The topological polar surface area (TPSA) is 0 Å². The first-order valence-corrected chi connectivity index (χ1v) is 18.9. The molecule has 0 nitrogen and oxygen atoms in total. The summed E-state index contributed by atoms with van der Waals surface area (Å²) in [5, 5.41) is 0.771. The average molecular weight is 547 g/mol. The molecule has 0 saturated carbocycles. The summed E-state index contributed by atoms with van der Waals surface area (Å²) in [7, 11) is 0.0622. The lowest BCUT2D eigenvalue weighted by Gasteiger charge is -2.33. The summed E-state index contributed by atoms with van der Waals surface area (Å²) >= 11 is 11.6. The van der Waals surface area contributed by atoms with Crippen LogP contribution in [0.5, 0.6) is 0 Å². The van der Waals surface area contributed by atoms with Crippen LogP contribution >= 0.6 is 81.1 Å². The maximum absolute atomic E-state index is 4.40. The summed E-state index contributed by atoms with van der Waals surface area (Å²) in [6, 6.07) is 18.2. The molecule has 2 rings (SSSR count). The van der Waals surface area contributed by atoms with Crippen molar-refractivity contribution in [3.05, 3.63) is 54.1 Å². The largest absolute Gasteiger partial charge is 0.175 e. The third-order valence-corrected chi connectivity index (χ3v) is 14.0. The van der Waals surface area contributed by atoms with Gasteiger partial charge >= 0.3 is 0 Å². The molecule has 0 N–H and O–H groups in total. The van der Waals surface area contributed by atoms with Crippen LogP contribution in [0.15, 0.2) is 63.2 Å². The molecule has 3 unspecified atom stereocenters. The number of rotatable bonds is 14. The molecule has 2 aromatic rings. The van der Waals surface area contributed by atoms with Gasteiger partial charge in [0.25, 0.3) is 0 Å². The third kappa shape index (κ3) is 8.48. The second-order valence-electron chi connectivity index (χ2n) is 7.08. The van der Waals surface area contributed by atoms with Crippen molar-refractivity contribution in [3.8, 4) is 0 Å². The molecule has 0 saturated heterocycles. The van der Waals surface area contributed by atoms with Crippen LogP contribution in [0.25, 0.3) is 0 Å². The van der Waals surface area contributed by atoms with Crippen molar-refractivity contribution in [2.45, 2.75) is 30.4 Å². The number of benzene rings is 2. The highest BCUT2D eigenvalue weighted by atomic mass is 32.2. The zero-order chi connectivity index (χ0) is 22.7. The first-order chi connectivity index (χ1) is 15.0. The molecular formula is C24H34S7. The van der Waals surface area contributed by atoms with Crippen molar-refractivity contribution < 1.29 is 0 Å². The molecule has 7 heteroatoms. The summed E-state index contributed by atoms with van der Waals surface area (Å²) in [6.07, 6.45) is 12.4. The summed E-state index contributed by atoms with van der Waals surface area (Å²) in [4.78, 5) is 3.97. The number of thioether (sulfide) groups is 5. The Morgan fingerprint density at radius 3 is 1.94 bits per heavy atom. The lowest BCUT2D eigenvalue weighted by molar-refractivity contribution is 0.931. The Hall–Kier alpha value is 0.760. The summed E-state index contributed by atoms with van der Waals surface area (Å²) in [5.41, 5.74) is 1.40. The lowest BCUT2D eigenvalue weighted by Crippen LogP contribution is -2.22. The fraction of sp³-hybridized carbons (Fsp3) is 0.458. The maximum atomic E-state index is 4.40. The molecule has 0 fully saturated rings. The van der Waals surface area contributed by atoms with Gasteiger partial charge in [-0.1, -0.05) is 29.8 Å². The molecule has 0 amide bonds. The van der Waals surface area contributed by atoms with Crippen molar-refractivity contribution in [3.63, 3.8) is 0 Å². The van der Waals surface area contributed by atoms with Gasteiger partial charge in [0, 0.05) is 31.4 Å². The van der Waals surface area contributed by atoms with Crippen molar-refractivity contribution in [1.82, 2.24) is 0 Å². The Kier molecular flexibility index (Phi) is 13.5. The maximum Gasteiger partial charge on any atom is 0.0893 e. The zero-order valence-corrected chi connectivity index (χ0v) is 24.8. The van der Waals surface area contributed by atoms with Crippen LogP contribution in [0.2, 0.25) is 0 Å². The van der Waals surface area contributed by atoms with Gasteiger partial charge in [-0.05, 0) is 85.4 Å². The smallest absolute Gasteiger partial charge is 0.0893 e. The van der Waals surface area contributed by atoms with E-state index < -0.39 is 0 Å². The van der Waals surface area contributed by atoms with E-state index in [4.69, 9.17) is 0 Å². The highest BCUT2D eigenvalue weighted by molar-refractivity contribution is 8.26. The zero-order valence-electron chi connectivity index (χ0n) is 19.1. The van der Waals surface area contributed by atoms with Gasteiger partial charge in [0.1, 0.15) is 0 Å². The van der Waals surface area contributed by atoms with Crippen molar-refractivity contribution in [2.24, 2.45) is 0 Å². The van der Waals surface area contributed by atoms with Crippen molar-refractivity contribution in [1.29, 1.82) is 0 Å². The molecular weight excluding hydrogens is 513 g/mol. The standard InChI is InChI=1S/C24H34S7/c1-25-17-23(27-3)15-16-29-20-11-13-22(14-12-20)30-21-9-7-19(8-10-21)24(28-4,18-26-2)31(5)6/h7-14,23H,5,15-18H2,1-4,6H3. The van der Waals surface area contributed by atoms with Crippen LogP contribution in [-0.2, 0) is 4.08 Å². The van der Waals surface area contributed by atoms with Gasteiger partial charge in [-0.2, -0.15) is 45.8 Å². The Morgan fingerprint density at radius 1 is 0.871 bits per heavy atom. The quantitative estimate of drug-likeness (QED) is 0.171. The van der Waals surface area contributed by atoms with Gasteiger partial charge in [0.05, 0.1) is 4.08 Å². The third-order valence-electron chi connectivity index (χ3n) is 4.98. The van der Waals surface area contributed by atoms with Gasteiger partial charge in [-0.25, -0.2) is 0 Å². The van der Waals surface area contributed by atoms with Gasteiger partial charge < -0.3 is 0 Å². The second kappa shape index (κ2) is 14.9. The monoisotopic (exact) mass is 546 g/mol. The molecule has 0 spiro atoms. The SMILES string of the molecule is C=S(C)C(CSC)(SC)c1ccc(Sc2ccc(SCCC(CSC)SC)cc2)cc1. The van der Waals surface area contributed by atoms with Crippen LogP contribution in [0, 0.1) is 0 Å². The van der Waals surface area contributed by atoms with E-state index in [0.717, 1.165) is 11.0 Å².